The van der Waals surface area contributed by atoms with Crippen molar-refractivity contribution in [2.24, 2.45) is 5.92 Å². The first kappa shape index (κ1) is 28.6. The number of benzene rings is 1. The highest BCUT2D eigenvalue weighted by molar-refractivity contribution is 6.33. The van der Waals surface area contributed by atoms with E-state index in [9.17, 15) is 39.9 Å². The molecule has 1 aliphatic rings. The number of carbonyl (C=O) groups excluding carboxylic acids is 1. The van der Waals surface area contributed by atoms with Crippen molar-refractivity contribution in [1.29, 1.82) is 0 Å². The Kier molecular flexibility index (Phi) is 8.09. The molecule has 39 heavy (non-hydrogen) atoms. The van der Waals surface area contributed by atoms with Crippen LogP contribution in [-0.4, -0.2) is 46.1 Å². The summed E-state index contributed by atoms with van der Waals surface area (Å²) in [5.41, 5.74) is -2.05. The lowest BCUT2D eigenvalue weighted by molar-refractivity contribution is -0.182. The van der Waals surface area contributed by atoms with Gasteiger partial charge in [-0.25, -0.2) is 13.8 Å². The standard InChI is InChI=1S/C23H20ClF8N5O2/c24-14-3-1-2-13(23(30,31)32)17(14)35-21-34-15-8-12(20(36-18(15)37-21)39-9-16(25)26)19(38)33-11-6-4-10(5-7-11)22(27,28)29/h1-3,8,10-11,16H,4-7,9H2,(H,33,38)(H2,34,35,36,37). The van der Waals surface area contributed by atoms with Crippen molar-refractivity contribution in [3.8, 4) is 5.88 Å². The second kappa shape index (κ2) is 11.0. The number of nitrogens with one attached hydrogen (secondary N) is 3. The lowest BCUT2D eigenvalue weighted by Crippen LogP contribution is -2.40. The SMILES string of the molecule is O=C(NC1CCC(C(F)(F)F)CC1)c1cc2nc(Nc3c(Cl)cccc3C(F)(F)F)[nH]c2nc1OCC(F)F. The first-order valence-corrected chi connectivity index (χ1v) is 11.9. The highest BCUT2D eigenvalue weighted by Gasteiger charge is 2.41. The first-order valence-electron chi connectivity index (χ1n) is 11.5. The lowest BCUT2D eigenvalue weighted by Gasteiger charge is -2.30. The number of halogens is 9. The largest absolute Gasteiger partial charge is 0.471 e. The van der Waals surface area contributed by atoms with Crippen molar-refractivity contribution in [3.63, 3.8) is 0 Å². The average Bonchev–Trinajstić information content (AvgIpc) is 3.23. The van der Waals surface area contributed by atoms with E-state index < -0.39 is 60.4 Å². The molecule has 0 atom stereocenters. The number of alkyl halides is 8. The third-order valence-electron chi connectivity index (χ3n) is 6.11. The van der Waals surface area contributed by atoms with Gasteiger partial charge >= 0.3 is 12.4 Å². The maximum atomic E-state index is 13.4. The summed E-state index contributed by atoms with van der Waals surface area (Å²) in [6.07, 6.45) is -12.3. The number of rotatable bonds is 7. The molecule has 2 heterocycles. The normalized spacial score (nSPS) is 18.4. The number of fused-ring (bicyclic) bond motifs is 1. The van der Waals surface area contributed by atoms with E-state index in [1.54, 1.807) is 0 Å². The summed E-state index contributed by atoms with van der Waals surface area (Å²) in [7, 11) is 0. The van der Waals surface area contributed by atoms with Crippen LogP contribution in [0.1, 0.15) is 41.6 Å². The van der Waals surface area contributed by atoms with Crippen LogP contribution in [-0.2, 0) is 6.18 Å². The van der Waals surface area contributed by atoms with Crippen molar-refractivity contribution in [1.82, 2.24) is 20.3 Å². The number of nitrogens with zero attached hydrogens (tertiary/aromatic N) is 2. The van der Waals surface area contributed by atoms with E-state index in [-0.39, 0.29) is 53.4 Å². The van der Waals surface area contributed by atoms with Gasteiger partial charge in [-0.05, 0) is 43.9 Å². The molecule has 212 valence electrons. The van der Waals surface area contributed by atoms with Crippen LogP contribution < -0.4 is 15.4 Å². The number of H-pyrrole nitrogens is 1. The molecule has 1 fully saturated rings. The zero-order chi connectivity index (χ0) is 28.5. The van der Waals surface area contributed by atoms with Gasteiger partial charge in [-0.3, -0.25) is 4.79 Å². The van der Waals surface area contributed by atoms with Crippen LogP contribution >= 0.6 is 11.6 Å². The number of aromatic amines is 1. The van der Waals surface area contributed by atoms with Gasteiger partial charge in [0.15, 0.2) is 12.3 Å². The van der Waals surface area contributed by atoms with E-state index >= 15 is 0 Å². The van der Waals surface area contributed by atoms with Gasteiger partial charge in [0, 0.05) is 6.04 Å². The number of aromatic nitrogens is 3. The van der Waals surface area contributed by atoms with Crippen LogP contribution in [0, 0.1) is 5.92 Å². The summed E-state index contributed by atoms with van der Waals surface area (Å²) in [5, 5.41) is 4.73. The first-order chi connectivity index (χ1) is 18.2. The number of amides is 1. The molecule has 7 nitrogen and oxygen atoms in total. The second-order valence-electron chi connectivity index (χ2n) is 8.85. The van der Waals surface area contributed by atoms with E-state index in [1.807, 2.05) is 0 Å². The third-order valence-corrected chi connectivity index (χ3v) is 6.43. The highest BCUT2D eigenvalue weighted by Crippen LogP contribution is 2.40. The van der Waals surface area contributed by atoms with Crippen molar-refractivity contribution in [2.45, 2.75) is 50.5 Å². The molecule has 0 saturated heterocycles. The molecule has 2 aromatic heterocycles. The molecule has 0 spiro atoms. The number of hydrogen-bond donors (Lipinski definition) is 3. The molecule has 0 bridgehead atoms. The topological polar surface area (TPSA) is 91.9 Å². The number of anilines is 2. The molecule has 1 aromatic carbocycles. The Bertz CT molecular complexity index is 1340. The number of carbonyl (C=O) groups is 1. The van der Waals surface area contributed by atoms with Crippen molar-refractivity contribution >= 4 is 40.3 Å². The molecule has 0 unspecified atom stereocenters. The van der Waals surface area contributed by atoms with E-state index in [1.165, 1.54) is 6.07 Å². The fraction of sp³-hybridized carbons (Fsp3) is 0.435. The minimum Gasteiger partial charge on any atom is -0.471 e. The van der Waals surface area contributed by atoms with Gasteiger partial charge < -0.3 is 20.4 Å². The van der Waals surface area contributed by atoms with Crippen molar-refractivity contribution < 1.29 is 44.7 Å². The van der Waals surface area contributed by atoms with Crippen LogP contribution in [0.25, 0.3) is 11.2 Å². The summed E-state index contributed by atoms with van der Waals surface area (Å²) < 4.78 is 110. The maximum Gasteiger partial charge on any atom is 0.418 e. The number of ether oxygens (including phenoxy) is 1. The van der Waals surface area contributed by atoms with Gasteiger partial charge in [-0.1, -0.05) is 17.7 Å². The van der Waals surface area contributed by atoms with Crippen LogP contribution in [0.15, 0.2) is 24.3 Å². The molecule has 1 saturated carbocycles. The summed E-state index contributed by atoms with van der Waals surface area (Å²) >= 11 is 5.95. The fourth-order valence-electron chi connectivity index (χ4n) is 4.23. The predicted octanol–water partition coefficient (Wildman–Crippen LogP) is 6.87. The van der Waals surface area contributed by atoms with E-state index in [0.29, 0.717) is 0 Å². The molecular weight excluding hydrogens is 566 g/mol. The Labute approximate surface area is 220 Å². The molecular formula is C23H20ClF8N5O2. The highest BCUT2D eigenvalue weighted by atomic mass is 35.5. The molecule has 3 N–H and O–H groups in total. The summed E-state index contributed by atoms with van der Waals surface area (Å²) in [4.78, 5) is 23.6. The third kappa shape index (κ3) is 6.81. The quantitative estimate of drug-likeness (QED) is 0.263. The van der Waals surface area contributed by atoms with Gasteiger partial charge in [0.2, 0.25) is 11.8 Å². The summed E-state index contributed by atoms with van der Waals surface area (Å²) in [6.45, 7) is -1.12. The van der Waals surface area contributed by atoms with Crippen molar-refractivity contribution in [3.05, 3.63) is 40.4 Å². The number of para-hydroxylation sites is 1. The van der Waals surface area contributed by atoms with Gasteiger partial charge in [0.1, 0.15) is 11.1 Å². The molecule has 16 heteroatoms. The Hall–Kier alpha value is -3.36. The van der Waals surface area contributed by atoms with Gasteiger partial charge in [-0.15, -0.1) is 0 Å². The lowest BCUT2D eigenvalue weighted by atomic mass is 9.85. The van der Waals surface area contributed by atoms with E-state index in [0.717, 1.165) is 18.2 Å². The van der Waals surface area contributed by atoms with E-state index in [4.69, 9.17) is 16.3 Å². The van der Waals surface area contributed by atoms with E-state index in [2.05, 4.69) is 25.6 Å². The average molecular weight is 586 g/mol. The smallest absolute Gasteiger partial charge is 0.418 e. The Morgan fingerprint density at radius 1 is 1.10 bits per heavy atom. The van der Waals surface area contributed by atoms with Crippen LogP contribution in [0.2, 0.25) is 5.02 Å². The molecule has 1 amide bonds. The minimum atomic E-state index is -4.75. The molecule has 4 rings (SSSR count). The molecule has 0 radical (unpaired) electrons. The second-order valence-corrected chi connectivity index (χ2v) is 9.25. The summed E-state index contributed by atoms with van der Waals surface area (Å²) in [6, 6.07) is 3.66. The van der Waals surface area contributed by atoms with Crippen LogP contribution in [0.5, 0.6) is 5.88 Å². The molecule has 1 aliphatic carbocycles. The molecule has 0 aliphatic heterocycles. The number of hydrogen-bond acceptors (Lipinski definition) is 5. The van der Waals surface area contributed by atoms with Crippen LogP contribution in [0.4, 0.5) is 46.8 Å². The monoisotopic (exact) mass is 585 g/mol. The Morgan fingerprint density at radius 2 is 1.79 bits per heavy atom. The maximum absolute atomic E-state index is 13.4. The zero-order valence-corrected chi connectivity index (χ0v) is 20.4. The van der Waals surface area contributed by atoms with Crippen LogP contribution in [0.3, 0.4) is 0 Å². The molecule has 3 aromatic rings. The number of pyridine rings is 1. The Balaban J connectivity index is 1.61. The number of imidazole rings is 1. The minimum absolute atomic E-state index is 0.0339. The zero-order valence-electron chi connectivity index (χ0n) is 19.7. The summed E-state index contributed by atoms with van der Waals surface area (Å²) in [5.74, 6) is -3.08. The predicted molar refractivity (Wildman–Crippen MR) is 124 cm³/mol. The van der Waals surface area contributed by atoms with Crippen molar-refractivity contribution in [2.75, 3.05) is 11.9 Å². The Morgan fingerprint density at radius 3 is 2.41 bits per heavy atom. The van der Waals surface area contributed by atoms with Gasteiger partial charge in [0.05, 0.1) is 22.2 Å². The van der Waals surface area contributed by atoms with Gasteiger partial charge in [0.25, 0.3) is 12.3 Å². The fourth-order valence-corrected chi connectivity index (χ4v) is 4.45. The van der Waals surface area contributed by atoms with Gasteiger partial charge in [-0.2, -0.15) is 31.3 Å².